The molecule has 14 heteroatoms. The Balaban J connectivity index is 1.54. The fourth-order valence-electron chi connectivity index (χ4n) is 4.01. The Labute approximate surface area is 232 Å². The maximum atomic E-state index is 14.3. The van der Waals surface area contributed by atoms with Crippen LogP contribution in [0.3, 0.4) is 0 Å². The van der Waals surface area contributed by atoms with Crippen molar-refractivity contribution < 1.29 is 36.2 Å². The summed E-state index contributed by atoms with van der Waals surface area (Å²) in [5.74, 6) is -2.19. The Kier molecular flexibility index (Phi) is 8.04. The Morgan fingerprint density at radius 3 is 2.41 bits per heavy atom. The zero-order valence-electron chi connectivity index (χ0n) is 20.7. The van der Waals surface area contributed by atoms with Crippen molar-refractivity contribution in [3.63, 3.8) is 0 Å². The summed E-state index contributed by atoms with van der Waals surface area (Å²) in [5, 5.41) is 5.22. The predicted octanol–water partition coefficient (Wildman–Crippen LogP) is 5.93. The molecule has 0 aromatic heterocycles. The van der Waals surface area contributed by atoms with Crippen LogP contribution in [0.2, 0.25) is 10.0 Å². The van der Waals surface area contributed by atoms with Gasteiger partial charge in [-0.05, 0) is 55.2 Å². The number of aryl methyl sites for hydroxylation is 1. The third-order valence-electron chi connectivity index (χ3n) is 6.35. The van der Waals surface area contributed by atoms with Crippen LogP contribution in [0.4, 0.5) is 17.6 Å². The van der Waals surface area contributed by atoms with Crippen LogP contribution in [0.25, 0.3) is 0 Å². The van der Waals surface area contributed by atoms with E-state index in [0.717, 1.165) is 25.0 Å². The molecule has 1 heterocycles. The molecule has 1 saturated carbocycles. The van der Waals surface area contributed by atoms with Gasteiger partial charge in [-0.2, -0.15) is 17.5 Å². The Morgan fingerprint density at radius 1 is 1.21 bits per heavy atom. The monoisotopic (exact) mass is 607 g/mol. The number of halogens is 6. The highest BCUT2D eigenvalue weighted by molar-refractivity contribution is 7.93. The average molecular weight is 608 g/mol. The number of amides is 2. The van der Waals surface area contributed by atoms with E-state index < -0.39 is 55.3 Å². The van der Waals surface area contributed by atoms with E-state index in [1.165, 1.54) is 24.5 Å². The van der Waals surface area contributed by atoms with E-state index in [-0.39, 0.29) is 41.0 Å². The van der Waals surface area contributed by atoms with E-state index in [4.69, 9.17) is 28.0 Å². The summed E-state index contributed by atoms with van der Waals surface area (Å²) < 4.78 is 73.2. The van der Waals surface area contributed by atoms with Crippen molar-refractivity contribution in [2.45, 2.75) is 50.4 Å². The molecule has 0 spiro atoms. The molecule has 2 unspecified atom stereocenters. The van der Waals surface area contributed by atoms with E-state index >= 15 is 0 Å². The largest absolute Gasteiger partial charge is 0.435 e. The van der Waals surface area contributed by atoms with Crippen molar-refractivity contribution in [1.82, 2.24) is 5.32 Å². The predicted molar refractivity (Wildman–Crippen MR) is 139 cm³/mol. The van der Waals surface area contributed by atoms with E-state index in [1.54, 1.807) is 6.92 Å². The molecule has 0 saturated heterocycles. The lowest BCUT2D eigenvalue weighted by molar-refractivity contribution is -0.275. The normalized spacial score (nSPS) is 20.6. The number of nitrogens with one attached hydrogen (secondary N) is 1. The summed E-state index contributed by atoms with van der Waals surface area (Å²) >= 11 is 11.5. The summed E-state index contributed by atoms with van der Waals surface area (Å²) in [7, 11) is -3.01. The molecule has 2 atom stereocenters. The van der Waals surface area contributed by atoms with Crippen LogP contribution in [-0.2, 0) is 25.0 Å². The second-order valence-electron chi connectivity index (χ2n) is 9.57. The number of nitrogens with zero attached hydrogens (tertiary/aromatic N) is 2. The van der Waals surface area contributed by atoms with Gasteiger partial charge in [0, 0.05) is 42.0 Å². The van der Waals surface area contributed by atoms with Crippen LogP contribution in [-0.4, -0.2) is 46.0 Å². The van der Waals surface area contributed by atoms with Gasteiger partial charge in [0.2, 0.25) is 5.91 Å². The topological polar surface area (TPSA) is 97.2 Å². The molecular weight excluding hydrogens is 585 g/mol. The van der Waals surface area contributed by atoms with Gasteiger partial charge in [-0.15, -0.1) is 0 Å². The minimum absolute atomic E-state index is 0.0359. The number of hydrogen-bond acceptors (Lipinski definition) is 5. The third kappa shape index (κ3) is 6.38. The summed E-state index contributed by atoms with van der Waals surface area (Å²) in [4.78, 5) is 29.6. The van der Waals surface area contributed by atoms with E-state index in [9.17, 15) is 31.4 Å². The second kappa shape index (κ2) is 10.7. The molecule has 210 valence electrons. The molecule has 39 heavy (non-hydrogen) atoms. The van der Waals surface area contributed by atoms with Crippen molar-refractivity contribution in [3.05, 3.63) is 68.4 Å². The number of rotatable bonds is 7. The molecule has 2 amide bonds. The van der Waals surface area contributed by atoms with Crippen LogP contribution in [0.1, 0.15) is 52.7 Å². The van der Waals surface area contributed by atoms with Crippen LogP contribution >= 0.6 is 23.2 Å². The molecular formula is C25H23Cl2F4N3O4S. The summed E-state index contributed by atoms with van der Waals surface area (Å²) in [6.45, 7) is 1.54. The Bertz CT molecular complexity index is 1480. The fourth-order valence-corrected chi connectivity index (χ4v) is 5.60. The molecule has 2 aromatic carbocycles. The Morgan fingerprint density at radius 2 is 1.85 bits per heavy atom. The van der Waals surface area contributed by atoms with Gasteiger partial charge in [-0.1, -0.05) is 34.4 Å². The number of alkyl halides is 3. The zero-order valence-corrected chi connectivity index (χ0v) is 23.0. The van der Waals surface area contributed by atoms with Crippen molar-refractivity contribution in [1.29, 1.82) is 0 Å². The average Bonchev–Trinajstić information content (AvgIpc) is 3.52. The van der Waals surface area contributed by atoms with Crippen LogP contribution in [0.15, 0.2) is 39.9 Å². The first-order valence-electron chi connectivity index (χ1n) is 11.7. The Hall–Kier alpha value is -2.70. The smallest absolute Gasteiger partial charge is 0.374 e. The van der Waals surface area contributed by atoms with Crippen LogP contribution in [0.5, 0.6) is 0 Å². The molecule has 2 aliphatic rings. The maximum absolute atomic E-state index is 14.3. The first kappa shape index (κ1) is 29.3. The lowest BCUT2D eigenvalue weighted by Gasteiger charge is -2.29. The highest BCUT2D eigenvalue weighted by Crippen LogP contribution is 2.50. The van der Waals surface area contributed by atoms with E-state index in [0.29, 0.717) is 5.56 Å². The van der Waals surface area contributed by atoms with Gasteiger partial charge in [-0.25, -0.2) is 8.60 Å². The van der Waals surface area contributed by atoms with Crippen LogP contribution in [0, 0.1) is 12.7 Å². The summed E-state index contributed by atoms with van der Waals surface area (Å²) in [6.07, 6.45) is -2.66. The number of hydrogen-bond donors (Lipinski definition) is 1. The van der Waals surface area contributed by atoms with Gasteiger partial charge in [-0.3, -0.25) is 9.59 Å². The number of benzene rings is 2. The van der Waals surface area contributed by atoms with Crippen LogP contribution < -0.4 is 5.32 Å². The maximum Gasteiger partial charge on any atom is 0.435 e. The molecule has 1 aliphatic carbocycles. The highest BCUT2D eigenvalue weighted by Gasteiger charge is 2.62. The molecule has 1 aliphatic heterocycles. The molecule has 1 N–H and O–H groups in total. The van der Waals surface area contributed by atoms with Gasteiger partial charge in [0.15, 0.2) is 5.82 Å². The molecule has 0 radical (unpaired) electrons. The number of carbonyl (C=O) groups excluding carboxylic acids is 2. The molecule has 4 rings (SSSR count). The van der Waals surface area contributed by atoms with Gasteiger partial charge in [0.1, 0.15) is 0 Å². The summed E-state index contributed by atoms with van der Waals surface area (Å²) in [6, 6.07) is 5.89. The molecule has 2 aromatic rings. The molecule has 1 fully saturated rings. The van der Waals surface area contributed by atoms with E-state index in [2.05, 4.69) is 14.8 Å². The fraction of sp³-hybridized carbons (Fsp3) is 0.400. The zero-order chi connectivity index (χ0) is 28.8. The first-order valence-corrected chi connectivity index (χ1v) is 14.6. The molecule has 0 bridgehead atoms. The van der Waals surface area contributed by atoms with E-state index in [1.807, 2.05) is 0 Å². The lowest BCUT2D eigenvalue weighted by atomic mass is 9.86. The third-order valence-corrected chi connectivity index (χ3v) is 8.42. The first-order chi connectivity index (χ1) is 18.1. The van der Waals surface area contributed by atoms with Gasteiger partial charge in [0.05, 0.1) is 25.5 Å². The highest BCUT2D eigenvalue weighted by atomic mass is 35.5. The minimum Gasteiger partial charge on any atom is -0.374 e. The standard InChI is InChI=1S/C25H23Cl2F4N3O4S/c1-13-9-14(3-6-17(13)23(36)34-39(2,37)8-7-21(35)32-16-4-5-16)20-12-24(38-33-20,25(29,30)31)15-10-18(26)22(28)19(27)11-15/h3,6,9-11,16H,4-5,7-8,12H2,1-2H3,(H,32,35). The lowest BCUT2D eigenvalue weighted by Crippen LogP contribution is -2.42. The number of carbonyl (C=O) groups is 2. The summed E-state index contributed by atoms with van der Waals surface area (Å²) in [5.41, 5.74) is -2.87. The second-order valence-corrected chi connectivity index (χ2v) is 12.9. The van der Waals surface area contributed by atoms with Gasteiger partial charge >= 0.3 is 6.18 Å². The minimum atomic E-state index is -4.97. The van der Waals surface area contributed by atoms with Gasteiger partial charge < -0.3 is 10.2 Å². The quantitative estimate of drug-likeness (QED) is 0.311. The van der Waals surface area contributed by atoms with Crippen molar-refractivity contribution in [2.24, 2.45) is 9.52 Å². The van der Waals surface area contributed by atoms with Crippen molar-refractivity contribution >= 4 is 50.5 Å². The van der Waals surface area contributed by atoms with Crippen molar-refractivity contribution in [2.75, 3.05) is 12.0 Å². The SMILES string of the molecule is Cc1cc(C2=NOC(c3cc(Cl)c(F)c(Cl)c3)(C(F)(F)F)C2)ccc1C(=O)N=S(C)(=O)CCC(=O)NC1CC1. The number of oxime groups is 1. The van der Waals surface area contributed by atoms with Gasteiger partial charge in [0.25, 0.3) is 11.5 Å². The molecule has 7 nitrogen and oxygen atoms in total. The van der Waals surface area contributed by atoms with Crippen molar-refractivity contribution in [3.8, 4) is 0 Å².